The van der Waals surface area contributed by atoms with Crippen LogP contribution in [0.25, 0.3) is 17.1 Å². The van der Waals surface area contributed by atoms with E-state index in [1.165, 1.54) is 0 Å². The number of nitrogens with one attached hydrogen (secondary N) is 3. The molecular formula is C41H49N7O6. The van der Waals surface area contributed by atoms with E-state index in [-0.39, 0.29) is 36.7 Å². The molecule has 284 valence electrons. The molecular weight excluding hydrogens is 686 g/mol. The number of benzene rings is 1. The minimum absolute atomic E-state index is 0.00528. The number of ether oxygens (including phenoxy) is 2. The molecule has 1 saturated heterocycles. The molecule has 13 heteroatoms. The van der Waals surface area contributed by atoms with Gasteiger partial charge in [0.15, 0.2) is 5.78 Å². The molecule has 8 rings (SSSR count). The second kappa shape index (κ2) is 13.9. The monoisotopic (exact) mass is 735 g/mol. The lowest BCUT2D eigenvalue weighted by Gasteiger charge is -2.63. The summed E-state index contributed by atoms with van der Waals surface area (Å²) in [5.74, 6) is 0.928. The molecule has 3 aromatic heterocycles. The normalized spacial score (nSPS) is 32.3. The van der Waals surface area contributed by atoms with Crippen molar-refractivity contribution in [3.63, 3.8) is 0 Å². The Hall–Kier alpha value is -4.69. The molecule has 1 aromatic carbocycles. The number of imidazole rings is 2. The number of anilines is 1. The van der Waals surface area contributed by atoms with E-state index >= 15 is 0 Å². The molecule has 5 heterocycles. The number of hydrogen-bond acceptors (Lipinski definition) is 11. The van der Waals surface area contributed by atoms with Crippen LogP contribution in [0.1, 0.15) is 57.8 Å². The van der Waals surface area contributed by atoms with E-state index in [0.29, 0.717) is 55.3 Å². The summed E-state index contributed by atoms with van der Waals surface area (Å²) in [7, 11) is 1.95. The Morgan fingerprint density at radius 1 is 1.19 bits per heavy atom. The average molecular weight is 736 g/mol. The van der Waals surface area contributed by atoms with Crippen molar-refractivity contribution in [2.45, 2.75) is 82.7 Å². The Bertz CT molecular complexity index is 2090. The third kappa shape index (κ3) is 6.36. The topological polar surface area (TPSA) is 180 Å². The summed E-state index contributed by atoms with van der Waals surface area (Å²) in [6.07, 6.45) is 12.3. The van der Waals surface area contributed by atoms with Gasteiger partial charge in [-0.15, -0.1) is 0 Å². The zero-order valence-corrected chi connectivity index (χ0v) is 31.2. The summed E-state index contributed by atoms with van der Waals surface area (Å²) in [4.78, 5) is 43.6. The molecule has 6 unspecified atom stereocenters. The van der Waals surface area contributed by atoms with E-state index in [1.54, 1.807) is 24.9 Å². The van der Waals surface area contributed by atoms with Gasteiger partial charge in [0, 0.05) is 37.1 Å². The Labute approximate surface area is 314 Å². The second-order valence-electron chi connectivity index (χ2n) is 16.2. The molecule has 4 aliphatic rings. The number of Topliss-reactive ketones (excluding diaryl/α,β-unsaturated/α-hetero) is 1. The summed E-state index contributed by atoms with van der Waals surface area (Å²) < 4.78 is 14.4. The molecule has 13 nitrogen and oxygen atoms in total. The Morgan fingerprint density at radius 3 is 2.74 bits per heavy atom. The predicted molar refractivity (Wildman–Crippen MR) is 202 cm³/mol. The van der Waals surface area contributed by atoms with Crippen LogP contribution in [0.4, 0.5) is 5.82 Å². The average Bonchev–Trinajstić information content (AvgIpc) is 3.40. The minimum atomic E-state index is -0.789. The van der Waals surface area contributed by atoms with Crippen LogP contribution in [0.3, 0.4) is 0 Å². The van der Waals surface area contributed by atoms with Crippen LogP contribution in [0.2, 0.25) is 0 Å². The van der Waals surface area contributed by atoms with E-state index in [2.05, 4.69) is 37.5 Å². The number of H-pyrrole nitrogens is 1. The highest BCUT2D eigenvalue weighted by atomic mass is 16.6. The van der Waals surface area contributed by atoms with Crippen molar-refractivity contribution in [3.05, 3.63) is 90.1 Å². The number of carbonyl (C=O) groups excluding carboxylic acids is 2. The van der Waals surface area contributed by atoms with Gasteiger partial charge in [0.25, 0.3) is 0 Å². The Morgan fingerprint density at radius 2 is 2.02 bits per heavy atom. The van der Waals surface area contributed by atoms with Crippen LogP contribution >= 0.6 is 0 Å². The number of aliphatic hydroxyl groups excluding tert-OH is 2. The molecule has 0 radical (unpaired) electrons. The second-order valence-corrected chi connectivity index (χ2v) is 16.2. The number of fused-ring (bicyclic) bond motifs is 2. The van der Waals surface area contributed by atoms with E-state index < -0.39 is 40.6 Å². The van der Waals surface area contributed by atoms with Crippen molar-refractivity contribution in [1.82, 2.24) is 29.8 Å². The molecule has 0 bridgehead atoms. The van der Waals surface area contributed by atoms with Crippen LogP contribution in [-0.2, 0) is 32.5 Å². The Balaban J connectivity index is 1.16. The van der Waals surface area contributed by atoms with Gasteiger partial charge < -0.3 is 39.9 Å². The van der Waals surface area contributed by atoms with E-state index in [0.717, 1.165) is 16.6 Å². The molecule has 4 aromatic rings. The first kappa shape index (κ1) is 36.3. The fourth-order valence-electron chi connectivity index (χ4n) is 9.87. The van der Waals surface area contributed by atoms with Crippen LogP contribution in [0.5, 0.6) is 0 Å². The van der Waals surface area contributed by atoms with Crippen molar-refractivity contribution in [3.8, 4) is 0 Å². The smallest absolute Gasteiger partial charge is 0.341 e. The molecule has 1 spiro atoms. The summed E-state index contributed by atoms with van der Waals surface area (Å²) in [5.41, 5.74) is 1.35. The van der Waals surface area contributed by atoms with Gasteiger partial charge in [-0.3, -0.25) is 4.79 Å². The number of rotatable bonds is 12. The highest BCUT2D eigenvalue weighted by Gasteiger charge is 2.71. The van der Waals surface area contributed by atoms with Crippen LogP contribution in [0, 0.1) is 22.7 Å². The van der Waals surface area contributed by atoms with Crippen molar-refractivity contribution in [2.75, 3.05) is 18.5 Å². The largest absolute Gasteiger partial charge is 0.423 e. The SMILES string of the molecule is CC(NC1CC2[C@](C)(CC[C@@H](O)[C@@]2(C)CO)C(CC(Nc2ccccn2)C2=C/C(=C\c3ccc4c(c3)ncn4C)OC2=O)C12CO2)C(=O)Cc1ncc[nH]1. The van der Waals surface area contributed by atoms with Gasteiger partial charge in [0.1, 0.15) is 23.0 Å². The first-order valence-corrected chi connectivity index (χ1v) is 18.9. The standard InChI is InChI=1S/C41H49N7O6/c1-24(31(50)19-37-43-13-14-44-37)46-34-20-32-39(2,11-10-35(51)40(32,3)21-49)33(41(34)22-53-41)18-28(47-36-7-5-6-12-42-36)27-17-26(54-38(27)52)15-25-8-9-30-29(16-25)45-23-48(30)4/h5-9,12-17,23-24,28,32-35,46,49,51H,10-11,18-22H2,1-4H3,(H,42,47)(H,43,44)/b26-15+/t24?,28?,32?,33?,34?,35-,39+,40+,41?/m1/s1. The highest BCUT2D eigenvalue weighted by Crippen LogP contribution is 2.66. The molecule has 0 amide bonds. The fourth-order valence-corrected chi connectivity index (χ4v) is 9.87. The maximum atomic E-state index is 13.8. The van der Waals surface area contributed by atoms with E-state index in [4.69, 9.17) is 9.47 Å². The van der Waals surface area contributed by atoms with Gasteiger partial charge >= 0.3 is 5.97 Å². The zero-order chi connectivity index (χ0) is 37.8. The minimum Gasteiger partial charge on any atom is -0.423 e. The third-order valence-corrected chi connectivity index (χ3v) is 13.0. The summed E-state index contributed by atoms with van der Waals surface area (Å²) in [6.45, 7) is 6.40. The number of aryl methyl sites for hydroxylation is 1. The number of carbonyl (C=O) groups is 2. The number of aromatic nitrogens is 5. The van der Waals surface area contributed by atoms with Gasteiger partial charge in [-0.25, -0.2) is 19.7 Å². The zero-order valence-electron chi connectivity index (χ0n) is 31.2. The fraction of sp³-hybridized carbons (Fsp3) is 0.488. The van der Waals surface area contributed by atoms with Gasteiger partial charge in [-0.2, -0.15) is 0 Å². The van der Waals surface area contributed by atoms with Crippen LogP contribution in [0.15, 0.2) is 78.7 Å². The molecule has 3 fully saturated rings. The summed E-state index contributed by atoms with van der Waals surface area (Å²) >= 11 is 0. The maximum absolute atomic E-state index is 13.8. The predicted octanol–water partition coefficient (Wildman–Crippen LogP) is 4.11. The first-order valence-electron chi connectivity index (χ1n) is 18.9. The summed E-state index contributed by atoms with van der Waals surface area (Å²) in [6, 6.07) is 10.3. The Kier molecular flexibility index (Phi) is 9.32. The van der Waals surface area contributed by atoms with E-state index in [9.17, 15) is 19.8 Å². The number of ketones is 1. The molecule has 5 N–H and O–H groups in total. The molecule has 2 aliphatic carbocycles. The molecule has 54 heavy (non-hydrogen) atoms. The number of cyclic esters (lactones) is 1. The van der Waals surface area contributed by atoms with Gasteiger partial charge in [-0.1, -0.05) is 26.0 Å². The third-order valence-electron chi connectivity index (χ3n) is 13.0. The van der Waals surface area contributed by atoms with Crippen LogP contribution in [-0.4, -0.2) is 89.5 Å². The van der Waals surface area contributed by atoms with Crippen molar-refractivity contribution >= 4 is 34.7 Å². The number of aromatic amines is 1. The number of pyridine rings is 1. The first-order chi connectivity index (χ1) is 25.9. The maximum Gasteiger partial charge on any atom is 0.341 e. The van der Waals surface area contributed by atoms with Crippen molar-refractivity contribution < 1.29 is 29.3 Å². The van der Waals surface area contributed by atoms with Crippen molar-refractivity contribution in [1.29, 1.82) is 0 Å². The number of esters is 1. The van der Waals surface area contributed by atoms with Gasteiger partial charge in [0.05, 0.1) is 60.8 Å². The van der Waals surface area contributed by atoms with Crippen LogP contribution < -0.4 is 10.6 Å². The quantitative estimate of drug-likeness (QED) is 0.104. The number of aliphatic hydroxyl groups is 2. The number of nitrogens with zero attached hydrogens (tertiary/aromatic N) is 4. The number of epoxide rings is 1. The lowest BCUT2D eigenvalue weighted by molar-refractivity contribution is -0.184. The number of hydrogen-bond donors (Lipinski definition) is 5. The van der Waals surface area contributed by atoms with E-state index in [1.807, 2.05) is 74.0 Å². The van der Waals surface area contributed by atoms with Gasteiger partial charge in [0.2, 0.25) is 0 Å². The van der Waals surface area contributed by atoms with Crippen molar-refractivity contribution in [2.24, 2.45) is 29.7 Å². The highest BCUT2D eigenvalue weighted by molar-refractivity contribution is 5.96. The molecule has 9 atom stereocenters. The molecule has 2 aliphatic heterocycles. The number of allylic oxidation sites excluding steroid dienone is 1. The molecule has 2 saturated carbocycles. The lowest BCUT2D eigenvalue weighted by atomic mass is 9.43. The van der Waals surface area contributed by atoms with Gasteiger partial charge in [-0.05, 0) is 91.8 Å². The summed E-state index contributed by atoms with van der Waals surface area (Å²) in [5, 5.41) is 29.6. The lowest BCUT2D eigenvalue weighted by Crippen LogP contribution is -2.68.